The molecule has 0 atom stereocenters. The molecule has 0 heterocycles. The van der Waals surface area contributed by atoms with Crippen LogP contribution in [0.4, 0.5) is 10.1 Å². The smallest absolute Gasteiger partial charge is 0.300 e. The molecule has 0 radical (unpaired) electrons. The van der Waals surface area contributed by atoms with Crippen molar-refractivity contribution in [3.05, 3.63) is 75.6 Å². The number of nitro groups is 1. The van der Waals surface area contributed by atoms with Crippen molar-refractivity contribution in [3.8, 4) is 0 Å². The van der Waals surface area contributed by atoms with Crippen LogP contribution >= 0.6 is 0 Å². The molecule has 2 rings (SSSR count). The van der Waals surface area contributed by atoms with Crippen LogP contribution in [-0.2, 0) is 11.2 Å². The molecule has 2 aromatic carbocycles. The van der Waals surface area contributed by atoms with Gasteiger partial charge in [-0.05, 0) is 17.7 Å². The summed E-state index contributed by atoms with van der Waals surface area (Å²) < 4.78 is 12.9. The first-order valence-electron chi connectivity index (χ1n) is 6.73. The minimum atomic E-state index is -0.833. The number of benzene rings is 2. The predicted molar refractivity (Wildman–Crippen MR) is 84.8 cm³/mol. The molecule has 0 aromatic heterocycles. The molecule has 0 aliphatic heterocycles. The summed E-state index contributed by atoms with van der Waals surface area (Å²) >= 11 is 0. The Morgan fingerprint density at radius 1 is 1.21 bits per heavy atom. The maximum Gasteiger partial charge on any atom is 0.300 e. The molecule has 0 saturated carbocycles. The molecular weight excluding hydrogens is 319 g/mol. The highest BCUT2D eigenvalue weighted by Crippen LogP contribution is 2.20. The second-order valence-corrected chi connectivity index (χ2v) is 4.64. The van der Waals surface area contributed by atoms with Gasteiger partial charge in [0.25, 0.3) is 11.7 Å². The van der Waals surface area contributed by atoms with E-state index in [-0.39, 0.29) is 17.8 Å². The molecule has 0 aliphatic rings. The fourth-order valence-corrected chi connectivity index (χ4v) is 1.86. The zero-order chi connectivity index (χ0) is 18.1. The van der Waals surface area contributed by atoms with Gasteiger partial charge in [0, 0.05) is 25.0 Å². The molecule has 2 aromatic rings. The summed E-state index contributed by atoms with van der Waals surface area (Å²) in [7, 11) is 0. The average molecular weight is 334 g/mol. The number of nitro benzene ring substituents is 1. The lowest BCUT2D eigenvalue weighted by Gasteiger charge is -2.05. The van der Waals surface area contributed by atoms with Crippen LogP contribution < -0.4 is 0 Å². The second-order valence-electron chi connectivity index (χ2n) is 4.64. The Morgan fingerprint density at radius 2 is 1.75 bits per heavy atom. The summed E-state index contributed by atoms with van der Waals surface area (Å²) in [5.41, 5.74) is 1.12. The number of carboxylic acid groups (broad SMARTS) is 1. The molecule has 0 spiro atoms. The van der Waals surface area contributed by atoms with E-state index in [0.717, 1.165) is 6.92 Å². The van der Waals surface area contributed by atoms with Gasteiger partial charge < -0.3 is 10.3 Å². The van der Waals surface area contributed by atoms with Crippen molar-refractivity contribution < 1.29 is 24.4 Å². The first-order chi connectivity index (χ1) is 11.3. The summed E-state index contributed by atoms with van der Waals surface area (Å²) in [6.45, 7) is 1.08. The number of carboxylic acids is 1. The molecule has 0 aliphatic carbocycles. The van der Waals surface area contributed by atoms with Gasteiger partial charge in [-0.15, -0.1) is 0 Å². The SMILES string of the molecule is CC(=O)O.O=[N+]([O-])c1ccccc1CC(=NO)c1ccc(F)cc1. The number of hydrogen-bond donors (Lipinski definition) is 2. The van der Waals surface area contributed by atoms with Crippen molar-refractivity contribution in [2.24, 2.45) is 5.16 Å². The quantitative estimate of drug-likeness (QED) is 0.386. The number of carbonyl (C=O) groups is 1. The first kappa shape index (κ1) is 18.8. The predicted octanol–water partition coefficient (Wildman–Crippen LogP) is 3.25. The van der Waals surface area contributed by atoms with Crippen LogP contribution in [0.3, 0.4) is 0 Å². The minimum Gasteiger partial charge on any atom is -0.481 e. The van der Waals surface area contributed by atoms with Gasteiger partial charge in [-0.1, -0.05) is 35.5 Å². The normalized spacial score (nSPS) is 10.5. The van der Waals surface area contributed by atoms with E-state index in [4.69, 9.17) is 15.1 Å². The van der Waals surface area contributed by atoms with Crippen molar-refractivity contribution in [3.63, 3.8) is 0 Å². The van der Waals surface area contributed by atoms with E-state index in [2.05, 4.69) is 5.16 Å². The molecule has 0 saturated heterocycles. The van der Waals surface area contributed by atoms with Crippen LogP contribution in [-0.4, -0.2) is 26.9 Å². The third kappa shape index (κ3) is 5.84. The minimum absolute atomic E-state index is 0.0456. The molecule has 2 N–H and O–H groups in total. The van der Waals surface area contributed by atoms with E-state index < -0.39 is 16.7 Å². The molecule has 7 nitrogen and oxygen atoms in total. The molecule has 8 heteroatoms. The monoisotopic (exact) mass is 334 g/mol. The van der Waals surface area contributed by atoms with E-state index in [9.17, 15) is 14.5 Å². The van der Waals surface area contributed by atoms with E-state index in [1.165, 1.54) is 30.3 Å². The van der Waals surface area contributed by atoms with Gasteiger partial charge in [-0.2, -0.15) is 0 Å². The number of rotatable bonds is 4. The highest BCUT2D eigenvalue weighted by Gasteiger charge is 2.15. The Balaban J connectivity index is 0.000000648. The third-order valence-electron chi connectivity index (χ3n) is 2.84. The van der Waals surface area contributed by atoms with Crippen molar-refractivity contribution in [1.29, 1.82) is 0 Å². The number of halogens is 1. The van der Waals surface area contributed by atoms with Crippen LogP contribution in [0.25, 0.3) is 0 Å². The lowest BCUT2D eigenvalue weighted by atomic mass is 10.0. The van der Waals surface area contributed by atoms with E-state index in [1.807, 2.05) is 0 Å². The van der Waals surface area contributed by atoms with Gasteiger partial charge in [0.1, 0.15) is 5.82 Å². The topological polar surface area (TPSA) is 113 Å². The summed E-state index contributed by atoms with van der Waals surface area (Å²) in [6.07, 6.45) is 0.0826. The number of oxime groups is 1. The average Bonchev–Trinajstić information content (AvgIpc) is 2.53. The molecule has 0 amide bonds. The Morgan fingerprint density at radius 3 is 2.25 bits per heavy atom. The lowest BCUT2D eigenvalue weighted by molar-refractivity contribution is -0.385. The summed E-state index contributed by atoms with van der Waals surface area (Å²) in [5.74, 6) is -1.24. The molecule has 0 unspecified atom stereocenters. The molecule has 24 heavy (non-hydrogen) atoms. The highest BCUT2D eigenvalue weighted by molar-refractivity contribution is 6.01. The van der Waals surface area contributed by atoms with Crippen LogP contribution in [0.2, 0.25) is 0 Å². The van der Waals surface area contributed by atoms with Gasteiger partial charge in [-0.25, -0.2) is 4.39 Å². The number of hydrogen-bond acceptors (Lipinski definition) is 5. The summed E-state index contributed by atoms with van der Waals surface area (Å²) in [6, 6.07) is 11.6. The van der Waals surface area contributed by atoms with Crippen LogP contribution in [0.5, 0.6) is 0 Å². The van der Waals surface area contributed by atoms with Crippen molar-refractivity contribution >= 4 is 17.4 Å². The van der Waals surface area contributed by atoms with Gasteiger partial charge in [0.05, 0.1) is 10.6 Å². The fraction of sp³-hybridized carbons (Fsp3) is 0.125. The zero-order valence-electron chi connectivity index (χ0n) is 12.7. The van der Waals surface area contributed by atoms with E-state index in [1.54, 1.807) is 18.2 Å². The van der Waals surface area contributed by atoms with E-state index >= 15 is 0 Å². The Labute approximate surface area is 136 Å². The number of aliphatic carboxylic acids is 1. The van der Waals surface area contributed by atoms with Gasteiger partial charge in [0.15, 0.2) is 0 Å². The van der Waals surface area contributed by atoms with Gasteiger partial charge in [-0.3, -0.25) is 14.9 Å². The maximum atomic E-state index is 12.9. The number of para-hydroxylation sites is 1. The van der Waals surface area contributed by atoms with Gasteiger partial charge >= 0.3 is 0 Å². The zero-order valence-corrected chi connectivity index (χ0v) is 12.7. The van der Waals surface area contributed by atoms with Crippen molar-refractivity contribution in [2.75, 3.05) is 0 Å². The van der Waals surface area contributed by atoms with Crippen LogP contribution in [0, 0.1) is 15.9 Å². The standard InChI is InChI=1S/C14H11FN2O3.C2H4O2/c15-12-7-5-10(6-8-12)13(16-18)9-11-3-1-2-4-14(11)17(19)20;1-2(3)4/h1-8,18H,9H2;1H3,(H,3,4). The number of nitrogens with zero attached hydrogens (tertiary/aromatic N) is 2. The Kier molecular flexibility index (Phi) is 7.02. The van der Waals surface area contributed by atoms with Crippen LogP contribution in [0.15, 0.2) is 53.7 Å². The van der Waals surface area contributed by atoms with Crippen molar-refractivity contribution in [1.82, 2.24) is 0 Å². The molecule has 126 valence electrons. The van der Waals surface area contributed by atoms with Crippen LogP contribution in [0.1, 0.15) is 18.1 Å². The highest BCUT2D eigenvalue weighted by atomic mass is 19.1. The van der Waals surface area contributed by atoms with Gasteiger partial charge in [0.2, 0.25) is 0 Å². The Bertz CT molecular complexity index is 740. The molecule has 0 fully saturated rings. The van der Waals surface area contributed by atoms with Crippen molar-refractivity contribution in [2.45, 2.75) is 13.3 Å². The molecular formula is C16H15FN2O5. The second kappa shape index (κ2) is 8.99. The Hall–Kier alpha value is -3.29. The summed E-state index contributed by atoms with van der Waals surface area (Å²) in [4.78, 5) is 19.4. The third-order valence-corrected chi connectivity index (χ3v) is 2.84. The largest absolute Gasteiger partial charge is 0.481 e. The fourth-order valence-electron chi connectivity index (χ4n) is 1.86. The molecule has 0 bridgehead atoms. The van der Waals surface area contributed by atoms with E-state index in [0.29, 0.717) is 11.1 Å². The first-order valence-corrected chi connectivity index (χ1v) is 6.73. The maximum absolute atomic E-state index is 12.9. The lowest BCUT2D eigenvalue weighted by Crippen LogP contribution is -2.07. The summed E-state index contributed by atoms with van der Waals surface area (Å²) in [5, 5.41) is 30.6.